The molecule has 0 radical (unpaired) electrons. The van der Waals surface area contributed by atoms with Crippen LogP contribution >= 0.6 is 0 Å². The molecule has 0 aliphatic heterocycles. The molecule has 0 unspecified atom stereocenters. The van der Waals surface area contributed by atoms with Gasteiger partial charge in [-0.25, -0.2) is 9.18 Å². The lowest BCUT2D eigenvalue weighted by molar-refractivity contribution is -0.112. The van der Waals surface area contributed by atoms with E-state index >= 15 is 0 Å². The number of esters is 1. The molecule has 156 valence electrons. The number of hydrogen-bond acceptors (Lipinski definition) is 4. The maximum Gasteiger partial charge on any atom is 0.337 e. The highest BCUT2D eigenvalue weighted by molar-refractivity contribution is 6.09. The van der Waals surface area contributed by atoms with E-state index in [9.17, 15) is 19.2 Å². The first-order valence-corrected chi connectivity index (χ1v) is 9.40. The molecule has 0 saturated carbocycles. The van der Waals surface area contributed by atoms with E-state index < -0.39 is 17.7 Å². The molecule has 0 bridgehead atoms. The van der Waals surface area contributed by atoms with E-state index in [0.29, 0.717) is 16.8 Å². The number of hydrogen-bond donors (Lipinski definition) is 1. The maximum absolute atomic E-state index is 13.0. The fourth-order valence-electron chi connectivity index (χ4n) is 3.23. The standard InChI is InChI=1S/C24H20FN3O3/c1-15-12-18(13-19(14-26)23(29)27-21-8-6-20(25)7-9-21)16(2)28(15)22-10-4-17(5-11-22)24(30)31-3/h4-13H,1-3H3,(H,27,29). The Labute approximate surface area is 179 Å². The van der Waals surface area contributed by atoms with E-state index in [-0.39, 0.29) is 5.57 Å². The van der Waals surface area contributed by atoms with Crippen molar-refractivity contribution < 1.29 is 18.7 Å². The van der Waals surface area contributed by atoms with E-state index in [2.05, 4.69) is 5.32 Å². The predicted molar refractivity (Wildman–Crippen MR) is 115 cm³/mol. The molecule has 1 heterocycles. The van der Waals surface area contributed by atoms with Crippen molar-refractivity contribution in [1.82, 2.24) is 4.57 Å². The number of amides is 1. The molecule has 0 atom stereocenters. The summed E-state index contributed by atoms with van der Waals surface area (Å²) in [6.07, 6.45) is 1.51. The number of nitrogens with zero attached hydrogens (tertiary/aromatic N) is 2. The van der Waals surface area contributed by atoms with E-state index in [1.165, 1.54) is 37.5 Å². The molecule has 1 aromatic heterocycles. The molecule has 0 spiro atoms. The molecule has 0 fully saturated rings. The third-order valence-electron chi connectivity index (χ3n) is 4.78. The first kappa shape index (κ1) is 21.5. The number of rotatable bonds is 5. The van der Waals surface area contributed by atoms with Gasteiger partial charge >= 0.3 is 5.97 Å². The van der Waals surface area contributed by atoms with Crippen LogP contribution in [0.4, 0.5) is 10.1 Å². The Balaban J connectivity index is 1.90. The molecule has 7 heteroatoms. The Bertz CT molecular complexity index is 1200. The summed E-state index contributed by atoms with van der Waals surface area (Å²) in [6.45, 7) is 3.78. The van der Waals surface area contributed by atoms with Gasteiger partial charge in [-0.15, -0.1) is 0 Å². The van der Waals surface area contributed by atoms with Gasteiger partial charge in [-0.05, 0) is 80.1 Å². The zero-order valence-corrected chi connectivity index (χ0v) is 17.3. The minimum absolute atomic E-state index is 0.0781. The third-order valence-corrected chi connectivity index (χ3v) is 4.78. The topological polar surface area (TPSA) is 84.1 Å². The second-order valence-corrected chi connectivity index (χ2v) is 6.83. The number of benzene rings is 2. The summed E-state index contributed by atoms with van der Waals surface area (Å²) in [5, 5.41) is 12.1. The van der Waals surface area contributed by atoms with Crippen molar-refractivity contribution in [2.24, 2.45) is 0 Å². The van der Waals surface area contributed by atoms with Crippen LogP contribution in [0.25, 0.3) is 11.8 Å². The molecule has 2 aromatic carbocycles. The summed E-state index contributed by atoms with van der Waals surface area (Å²) >= 11 is 0. The molecule has 3 rings (SSSR count). The zero-order chi connectivity index (χ0) is 22.5. The van der Waals surface area contributed by atoms with Gasteiger partial charge in [0.1, 0.15) is 17.5 Å². The number of anilines is 1. The predicted octanol–water partition coefficient (Wildman–Crippen LogP) is 4.57. The van der Waals surface area contributed by atoms with Gasteiger partial charge in [-0.3, -0.25) is 4.79 Å². The minimum atomic E-state index is -0.582. The van der Waals surface area contributed by atoms with Gasteiger partial charge in [0.2, 0.25) is 0 Å². The van der Waals surface area contributed by atoms with Gasteiger partial charge in [-0.1, -0.05) is 0 Å². The molecule has 31 heavy (non-hydrogen) atoms. The molecule has 1 amide bonds. The van der Waals surface area contributed by atoms with Gasteiger partial charge in [0.05, 0.1) is 12.7 Å². The highest BCUT2D eigenvalue weighted by Crippen LogP contribution is 2.23. The van der Waals surface area contributed by atoms with E-state index in [4.69, 9.17) is 4.74 Å². The first-order chi connectivity index (χ1) is 14.8. The van der Waals surface area contributed by atoms with Crippen LogP contribution in [0, 0.1) is 31.0 Å². The Morgan fingerprint density at radius 1 is 1.10 bits per heavy atom. The van der Waals surface area contributed by atoms with Crippen LogP contribution < -0.4 is 5.32 Å². The van der Waals surface area contributed by atoms with Gasteiger partial charge < -0.3 is 14.6 Å². The number of halogens is 1. The highest BCUT2D eigenvalue weighted by Gasteiger charge is 2.15. The third kappa shape index (κ3) is 4.70. The summed E-state index contributed by atoms with van der Waals surface area (Å²) in [4.78, 5) is 24.1. The zero-order valence-electron chi connectivity index (χ0n) is 17.3. The summed E-state index contributed by atoms with van der Waals surface area (Å²) in [6, 6.07) is 16.0. The Morgan fingerprint density at radius 2 is 1.74 bits per heavy atom. The average Bonchev–Trinajstić information content (AvgIpc) is 3.05. The molecule has 0 aliphatic carbocycles. The van der Waals surface area contributed by atoms with Crippen LogP contribution in [0.2, 0.25) is 0 Å². The molecular weight excluding hydrogens is 397 g/mol. The summed E-state index contributed by atoms with van der Waals surface area (Å²) in [5.41, 5.74) is 4.01. The van der Waals surface area contributed by atoms with Crippen LogP contribution in [0.15, 0.2) is 60.2 Å². The van der Waals surface area contributed by atoms with Gasteiger partial charge in [0.15, 0.2) is 0 Å². The number of carbonyl (C=O) groups is 2. The van der Waals surface area contributed by atoms with Crippen molar-refractivity contribution in [2.45, 2.75) is 13.8 Å². The molecular formula is C24H20FN3O3. The Hall–Kier alpha value is -4.18. The Morgan fingerprint density at radius 3 is 2.32 bits per heavy atom. The van der Waals surface area contributed by atoms with Crippen LogP contribution in [0.5, 0.6) is 0 Å². The molecule has 1 N–H and O–H groups in total. The number of ether oxygens (including phenoxy) is 1. The highest BCUT2D eigenvalue weighted by atomic mass is 19.1. The van der Waals surface area contributed by atoms with Crippen molar-refractivity contribution in [2.75, 3.05) is 12.4 Å². The van der Waals surface area contributed by atoms with Crippen LogP contribution in [-0.2, 0) is 9.53 Å². The SMILES string of the molecule is COC(=O)c1ccc(-n2c(C)cc(C=C(C#N)C(=O)Nc3ccc(F)cc3)c2C)cc1. The lowest BCUT2D eigenvalue weighted by Crippen LogP contribution is -2.13. The monoisotopic (exact) mass is 417 g/mol. The van der Waals surface area contributed by atoms with Crippen molar-refractivity contribution in [3.63, 3.8) is 0 Å². The van der Waals surface area contributed by atoms with Gasteiger partial charge in [0, 0.05) is 22.8 Å². The quantitative estimate of drug-likeness (QED) is 0.375. The normalized spacial score (nSPS) is 11.0. The number of carbonyl (C=O) groups excluding carboxylic acids is 2. The van der Waals surface area contributed by atoms with Crippen LogP contribution in [-0.4, -0.2) is 23.6 Å². The summed E-state index contributed by atoms with van der Waals surface area (Å²) in [5.74, 6) is -1.41. The minimum Gasteiger partial charge on any atom is -0.465 e. The van der Waals surface area contributed by atoms with Crippen molar-refractivity contribution in [3.8, 4) is 11.8 Å². The van der Waals surface area contributed by atoms with Crippen molar-refractivity contribution >= 4 is 23.6 Å². The van der Waals surface area contributed by atoms with Crippen molar-refractivity contribution in [3.05, 3.63) is 88.5 Å². The number of aryl methyl sites for hydroxylation is 1. The number of nitriles is 1. The number of aromatic nitrogens is 1. The first-order valence-electron chi connectivity index (χ1n) is 9.40. The second kappa shape index (κ2) is 9.09. The number of methoxy groups -OCH3 is 1. The largest absolute Gasteiger partial charge is 0.465 e. The lowest BCUT2D eigenvalue weighted by Gasteiger charge is -2.10. The average molecular weight is 417 g/mol. The fraction of sp³-hybridized carbons (Fsp3) is 0.125. The molecule has 3 aromatic rings. The smallest absolute Gasteiger partial charge is 0.337 e. The van der Waals surface area contributed by atoms with Gasteiger partial charge in [0.25, 0.3) is 5.91 Å². The summed E-state index contributed by atoms with van der Waals surface area (Å²) in [7, 11) is 1.33. The molecule has 6 nitrogen and oxygen atoms in total. The second-order valence-electron chi connectivity index (χ2n) is 6.83. The molecule has 0 aliphatic rings. The van der Waals surface area contributed by atoms with Crippen LogP contribution in [0.3, 0.4) is 0 Å². The van der Waals surface area contributed by atoms with Gasteiger partial charge in [-0.2, -0.15) is 5.26 Å². The lowest BCUT2D eigenvalue weighted by atomic mass is 10.1. The maximum atomic E-state index is 13.0. The van der Waals surface area contributed by atoms with E-state index in [1.54, 1.807) is 24.3 Å². The van der Waals surface area contributed by atoms with Crippen LogP contribution in [0.1, 0.15) is 27.3 Å². The van der Waals surface area contributed by atoms with E-state index in [1.807, 2.05) is 30.6 Å². The number of nitrogens with one attached hydrogen (secondary N) is 1. The van der Waals surface area contributed by atoms with E-state index in [0.717, 1.165) is 17.1 Å². The fourth-order valence-corrected chi connectivity index (χ4v) is 3.23. The Kier molecular flexibility index (Phi) is 6.32. The van der Waals surface area contributed by atoms with Crippen molar-refractivity contribution in [1.29, 1.82) is 5.26 Å². The molecule has 0 saturated heterocycles. The summed E-state index contributed by atoms with van der Waals surface area (Å²) < 4.78 is 19.7.